The summed E-state index contributed by atoms with van der Waals surface area (Å²) >= 11 is 5.34. The normalized spacial score (nSPS) is 14.6. The molecule has 2 aromatic rings. The van der Waals surface area contributed by atoms with Gasteiger partial charge in [0.2, 0.25) is 0 Å². The monoisotopic (exact) mass is 351 g/mol. The Balaban J connectivity index is 1.80. The van der Waals surface area contributed by atoms with Crippen molar-refractivity contribution in [2.75, 3.05) is 11.9 Å². The molecule has 1 aliphatic rings. The van der Waals surface area contributed by atoms with E-state index in [0.717, 1.165) is 16.1 Å². The van der Waals surface area contributed by atoms with E-state index >= 15 is 0 Å². The third-order valence-electron chi connectivity index (χ3n) is 3.56. The first-order valence-electron chi connectivity index (χ1n) is 6.83. The van der Waals surface area contributed by atoms with Crippen molar-refractivity contribution in [1.82, 2.24) is 4.98 Å². The van der Waals surface area contributed by atoms with Gasteiger partial charge in [-0.2, -0.15) is 0 Å². The molecular formula is C15H18BrN3S. The number of nitrogens with zero attached hydrogens (tertiary/aromatic N) is 2. The highest BCUT2D eigenvalue weighted by Crippen LogP contribution is 2.44. The minimum absolute atomic E-state index is 0.604. The first kappa shape index (κ1) is 14.0. The largest absolute Gasteiger partial charge is 0.347 e. The Bertz CT molecular complexity index is 607. The molecule has 3 nitrogen and oxygen atoms in total. The Kier molecular flexibility index (Phi) is 4.10. The van der Waals surface area contributed by atoms with Gasteiger partial charge in [-0.25, -0.2) is 4.98 Å². The zero-order chi connectivity index (χ0) is 14.1. The first-order chi connectivity index (χ1) is 9.69. The van der Waals surface area contributed by atoms with Crippen LogP contribution in [0.4, 0.5) is 5.13 Å². The molecule has 1 aromatic heterocycles. The highest BCUT2D eigenvalue weighted by Gasteiger charge is 2.29. The number of nitrogens with two attached hydrogens (primary N) is 1. The Morgan fingerprint density at radius 3 is 2.80 bits per heavy atom. The van der Waals surface area contributed by atoms with Gasteiger partial charge >= 0.3 is 0 Å². The Hall–Kier alpha value is -0.910. The van der Waals surface area contributed by atoms with Crippen molar-refractivity contribution in [3.05, 3.63) is 44.9 Å². The van der Waals surface area contributed by atoms with E-state index in [1.165, 1.54) is 29.0 Å². The molecule has 106 valence electrons. The summed E-state index contributed by atoms with van der Waals surface area (Å²) in [6, 6.07) is 8.32. The van der Waals surface area contributed by atoms with Crippen molar-refractivity contribution < 1.29 is 0 Å². The zero-order valence-corrected chi connectivity index (χ0v) is 13.9. The molecule has 0 unspecified atom stereocenters. The number of benzene rings is 1. The van der Waals surface area contributed by atoms with Gasteiger partial charge in [-0.15, -0.1) is 11.3 Å². The predicted molar refractivity (Wildman–Crippen MR) is 88.2 cm³/mol. The van der Waals surface area contributed by atoms with Crippen molar-refractivity contribution in [2.24, 2.45) is 5.73 Å². The molecule has 1 aromatic carbocycles. The molecule has 0 amide bonds. The second kappa shape index (κ2) is 5.84. The third kappa shape index (κ3) is 2.90. The standard InChI is InChI=1S/C15H18BrN3S/c1-19(9-11-4-2-3-5-12(11)16)15-18-14(10-6-7-10)13(8-17)20-15/h2-5,10H,6-9,17H2,1H3. The van der Waals surface area contributed by atoms with E-state index in [4.69, 9.17) is 10.7 Å². The summed E-state index contributed by atoms with van der Waals surface area (Å²) in [5.41, 5.74) is 8.36. The van der Waals surface area contributed by atoms with Crippen molar-refractivity contribution in [1.29, 1.82) is 0 Å². The smallest absolute Gasteiger partial charge is 0.185 e. The summed E-state index contributed by atoms with van der Waals surface area (Å²) < 4.78 is 1.14. The van der Waals surface area contributed by atoms with Crippen LogP contribution in [0.2, 0.25) is 0 Å². The molecule has 0 atom stereocenters. The summed E-state index contributed by atoms with van der Waals surface area (Å²) in [5, 5.41) is 1.07. The van der Waals surface area contributed by atoms with Crippen LogP contribution in [0.25, 0.3) is 0 Å². The van der Waals surface area contributed by atoms with Crippen LogP contribution in [-0.2, 0) is 13.1 Å². The minimum Gasteiger partial charge on any atom is -0.347 e. The van der Waals surface area contributed by atoms with Crippen LogP contribution in [0, 0.1) is 0 Å². The second-order valence-corrected chi connectivity index (χ2v) is 7.15. The topological polar surface area (TPSA) is 42.2 Å². The van der Waals surface area contributed by atoms with Crippen molar-refractivity contribution in [3.63, 3.8) is 0 Å². The summed E-state index contributed by atoms with van der Waals surface area (Å²) in [7, 11) is 2.09. The molecule has 2 N–H and O–H groups in total. The van der Waals surface area contributed by atoms with Gasteiger partial charge in [-0.1, -0.05) is 34.1 Å². The van der Waals surface area contributed by atoms with Crippen LogP contribution in [0.15, 0.2) is 28.7 Å². The molecule has 1 aliphatic carbocycles. The van der Waals surface area contributed by atoms with E-state index in [1.807, 2.05) is 6.07 Å². The average Bonchev–Trinajstić information content (AvgIpc) is 3.20. The van der Waals surface area contributed by atoms with Gasteiger partial charge in [-0.3, -0.25) is 0 Å². The SMILES string of the molecule is CN(Cc1ccccc1Br)c1nc(C2CC2)c(CN)s1. The number of hydrogen-bond acceptors (Lipinski definition) is 4. The van der Waals surface area contributed by atoms with Gasteiger partial charge in [0.05, 0.1) is 5.69 Å². The summed E-state index contributed by atoms with van der Waals surface area (Å²) in [6.07, 6.45) is 2.54. The zero-order valence-electron chi connectivity index (χ0n) is 11.5. The number of thiazole rings is 1. The number of halogens is 1. The average molecular weight is 352 g/mol. The number of hydrogen-bond donors (Lipinski definition) is 1. The van der Waals surface area contributed by atoms with E-state index in [1.54, 1.807) is 11.3 Å². The van der Waals surface area contributed by atoms with Crippen LogP contribution in [-0.4, -0.2) is 12.0 Å². The highest BCUT2D eigenvalue weighted by atomic mass is 79.9. The molecular weight excluding hydrogens is 334 g/mol. The molecule has 1 heterocycles. The van der Waals surface area contributed by atoms with E-state index in [2.05, 4.69) is 46.1 Å². The molecule has 3 rings (SSSR count). The minimum atomic E-state index is 0.604. The fourth-order valence-electron chi connectivity index (χ4n) is 2.29. The maximum atomic E-state index is 5.85. The lowest BCUT2D eigenvalue weighted by Gasteiger charge is -2.16. The van der Waals surface area contributed by atoms with Gasteiger partial charge in [0.1, 0.15) is 0 Å². The summed E-state index contributed by atoms with van der Waals surface area (Å²) in [5.74, 6) is 0.662. The van der Waals surface area contributed by atoms with Gasteiger partial charge in [-0.05, 0) is 24.5 Å². The van der Waals surface area contributed by atoms with Gasteiger partial charge in [0.15, 0.2) is 5.13 Å². The van der Waals surface area contributed by atoms with Gasteiger partial charge in [0.25, 0.3) is 0 Å². The Morgan fingerprint density at radius 2 is 2.15 bits per heavy atom. The second-order valence-electron chi connectivity index (χ2n) is 5.23. The highest BCUT2D eigenvalue weighted by molar-refractivity contribution is 9.10. The van der Waals surface area contributed by atoms with Crippen LogP contribution >= 0.6 is 27.3 Å². The van der Waals surface area contributed by atoms with Crippen LogP contribution in [0.5, 0.6) is 0 Å². The van der Waals surface area contributed by atoms with Gasteiger partial charge in [0, 0.05) is 35.4 Å². The van der Waals surface area contributed by atoms with E-state index in [0.29, 0.717) is 12.5 Å². The van der Waals surface area contributed by atoms with Crippen molar-refractivity contribution in [3.8, 4) is 0 Å². The number of aromatic nitrogens is 1. The molecule has 1 saturated carbocycles. The maximum absolute atomic E-state index is 5.85. The lowest BCUT2D eigenvalue weighted by Crippen LogP contribution is -2.16. The molecule has 5 heteroatoms. The van der Waals surface area contributed by atoms with Crippen LogP contribution in [0.3, 0.4) is 0 Å². The quantitative estimate of drug-likeness (QED) is 0.888. The lowest BCUT2D eigenvalue weighted by molar-refractivity contribution is 0.894. The van der Waals surface area contributed by atoms with E-state index < -0.39 is 0 Å². The molecule has 0 bridgehead atoms. The Morgan fingerprint density at radius 1 is 1.40 bits per heavy atom. The molecule has 0 saturated heterocycles. The third-order valence-corrected chi connectivity index (χ3v) is 5.54. The van der Waals surface area contributed by atoms with E-state index in [9.17, 15) is 0 Å². The number of anilines is 1. The first-order valence-corrected chi connectivity index (χ1v) is 8.44. The van der Waals surface area contributed by atoms with E-state index in [-0.39, 0.29) is 0 Å². The molecule has 0 spiro atoms. The fourth-order valence-corrected chi connectivity index (χ4v) is 3.68. The maximum Gasteiger partial charge on any atom is 0.185 e. The summed E-state index contributed by atoms with van der Waals surface area (Å²) in [4.78, 5) is 8.27. The van der Waals surface area contributed by atoms with Crippen LogP contribution < -0.4 is 10.6 Å². The fraction of sp³-hybridized carbons (Fsp3) is 0.400. The van der Waals surface area contributed by atoms with Crippen molar-refractivity contribution >= 4 is 32.4 Å². The lowest BCUT2D eigenvalue weighted by atomic mass is 10.2. The molecule has 1 fully saturated rings. The molecule has 0 radical (unpaired) electrons. The number of rotatable bonds is 5. The molecule has 20 heavy (non-hydrogen) atoms. The summed E-state index contributed by atoms with van der Waals surface area (Å²) in [6.45, 7) is 1.45. The van der Waals surface area contributed by atoms with Gasteiger partial charge < -0.3 is 10.6 Å². The van der Waals surface area contributed by atoms with Crippen LogP contribution in [0.1, 0.15) is 34.9 Å². The predicted octanol–water partition coefficient (Wildman–Crippen LogP) is 3.88. The Labute approximate surface area is 131 Å². The van der Waals surface area contributed by atoms with Crippen molar-refractivity contribution in [2.45, 2.75) is 31.8 Å². The molecule has 0 aliphatic heterocycles.